The van der Waals surface area contributed by atoms with E-state index >= 15 is 0 Å². The van der Waals surface area contributed by atoms with Gasteiger partial charge in [-0.05, 0) is 82.0 Å². The van der Waals surface area contributed by atoms with Gasteiger partial charge in [-0.1, -0.05) is 29.8 Å². The van der Waals surface area contributed by atoms with Gasteiger partial charge in [0.25, 0.3) is 0 Å². The number of hydrogen-bond acceptors (Lipinski definition) is 4. The predicted molar refractivity (Wildman–Crippen MR) is 142 cm³/mol. The number of nitrogens with one attached hydrogen (secondary N) is 1. The van der Waals surface area contributed by atoms with Crippen LogP contribution in [0, 0.1) is 13.8 Å². The van der Waals surface area contributed by atoms with Gasteiger partial charge in [0.1, 0.15) is 6.04 Å². The van der Waals surface area contributed by atoms with Crippen LogP contribution in [0.2, 0.25) is 5.02 Å². The summed E-state index contributed by atoms with van der Waals surface area (Å²) in [6, 6.07) is 12.0. The molecule has 2 rings (SSSR count). The van der Waals surface area contributed by atoms with E-state index in [4.69, 9.17) is 11.6 Å². The molecule has 0 aliphatic heterocycles. The largest absolute Gasteiger partial charge is 0.352 e. The van der Waals surface area contributed by atoms with Crippen LogP contribution in [0.25, 0.3) is 0 Å². The third-order valence-electron chi connectivity index (χ3n) is 5.51. The second-order valence-electron chi connectivity index (χ2n) is 9.27. The number of halogens is 1. The highest BCUT2D eigenvalue weighted by molar-refractivity contribution is 7.92. The second kappa shape index (κ2) is 12.4. The topological polar surface area (TPSA) is 86.8 Å². The van der Waals surface area contributed by atoms with Gasteiger partial charge in [0.2, 0.25) is 21.8 Å². The molecule has 7 nitrogen and oxygen atoms in total. The fourth-order valence-electron chi connectivity index (χ4n) is 3.87. The van der Waals surface area contributed by atoms with E-state index in [-0.39, 0.29) is 37.4 Å². The number of sulfonamides is 1. The lowest BCUT2D eigenvalue weighted by molar-refractivity contribution is -0.140. The Bertz CT molecular complexity index is 1110. The summed E-state index contributed by atoms with van der Waals surface area (Å²) in [7, 11) is -3.53. The van der Waals surface area contributed by atoms with Crippen molar-refractivity contribution in [2.75, 3.05) is 17.1 Å². The SMILES string of the molecule is Cc1cc(C)cc(N(CCCC(=O)N(Cc2ccc(Cl)cc2)[C@@H](C)C(=O)NC(C)C)S(C)(=O)=O)c1. The first-order valence-corrected chi connectivity index (χ1v) is 13.9. The highest BCUT2D eigenvalue weighted by Gasteiger charge is 2.27. The number of carbonyl (C=O) groups excluding carboxylic acids is 2. The Hall–Kier alpha value is -2.58. The van der Waals surface area contributed by atoms with Gasteiger partial charge in [-0.15, -0.1) is 0 Å². The van der Waals surface area contributed by atoms with E-state index in [0.717, 1.165) is 22.9 Å². The summed E-state index contributed by atoms with van der Waals surface area (Å²) in [4.78, 5) is 27.5. The average molecular weight is 522 g/mol. The summed E-state index contributed by atoms with van der Waals surface area (Å²) in [6.07, 6.45) is 1.58. The van der Waals surface area contributed by atoms with Crippen LogP contribution in [0.3, 0.4) is 0 Å². The predicted octanol–water partition coefficient (Wildman–Crippen LogP) is 4.44. The van der Waals surface area contributed by atoms with Crippen LogP contribution >= 0.6 is 11.6 Å². The lowest BCUT2D eigenvalue weighted by Gasteiger charge is -2.30. The minimum absolute atomic E-state index is 0.0569. The van der Waals surface area contributed by atoms with Gasteiger partial charge in [0.15, 0.2) is 0 Å². The van der Waals surface area contributed by atoms with Crippen molar-refractivity contribution in [2.45, 2.75) is 66.1 Å². The minimum Gasteiger partial charge on any atom is -0.352 e. The molecule has 2 aromatic carbocycles. The average Bonchev–Trinajstić information content (AvgIpc) is 2.73. The molecule has 0 fully saturated rings. The van der Waals surface area contributed by atoms with Gasteiger partial charge < -0.3 is 10.2 Å². The Labute approximate surface area is 214 Å². The van der Waals surface area contributed by atoms with Gasteiger partial charge in [-0.3, -0.25) is 13.9 Å². The van der Waals surface area contributed by atoms with Crippen molar-refractivity contribution >= 4 is 39.1 Å². The quantitative estimate of drug-likeness (QED) is 0.473. The van der Waals surface area contributed by atoms with Crippen molar-refractivity contribution in [3.05, 3.63) is 64.2 Å². The number of nitrogens with zero attached hydrogens (tertiary/aromatic N) is 2. The molecule has 0 saturated heterocycles. The number of hydrogen-bond donors (Lipinski definition) is 1. The van der Waals surface area contributed by atoms with Gasteiger partial charge in [0, 0.05) is 30.6 Å². The van der Waals surface area contributed by atoms with Crippen molar-refractivity contribution in [3.8, 4) is 0 Å². The van der Waals surface area contributed by atoms with Crippen LogP contribution in [-0.4, -0.2) is 50.0 Å². The number of anilines is 1. The highest BCUT2D eigenvalue weighted by Crippen LogP contribution is 2.22. The molecule has 0 aromatic heterocycles. The molecule has 0 unspecified atom stereocenters. The van der Waals surface area contributed by atoms with E-state index in [1.165, 1.54) is 9.21 Å². The normalized spacial score (nSPS) is 12.3. The summed E-state index contributed by atoms with van der Waals surface area (Å²) in [5.41, 5.74) is 3.35. The third-order valence-corrected chi connectivity index (χ3v) is 6.96. The fourth-order valence-corrected chi connectivity index (χ4v) is 4.95. The van der Waals surface area contributed by atoms with E-state index in [1.807, 2.05) is 58.0 Å². The number of amides is 2. The van der Waals surface area contributed by atoms with Crippen molar-refractivity contribution in [1.29, 1.82) is 0 Å². The lowest BCUT2D eigenvalue weighted by atomic mass is 10.1. The zero-order valence-corrected chi connectivity index (χ0v) is 22.9. The van der Waals surface area contributed by atoms with E-state index in [9.17, 15) is 18.0 Å². The van der Waals surface area contributed by atoms with Gasteiger partial charge in [-0.2, -0.15) is 0 Å². The molecule has 0 aliphatic carbocycles. The summed E-state index contributed by atoms with van der Waals surface area (Å²) in [5, 5.41) is 3.45. The third kappa shape index (κ3) is 8.85. The molecule has 0 heterocycles. The molecule has 35 heavy (non-hydrogen) atoms. The van der Waals surface area contributed by atoms with E-state index in [0.29, 0.717) is 17.1 Å². The van der Waals surface area contributed by atoms with Crippen LogP contribution in [-0.2, 0) is 26.2 Å². The van der Waals surface area contributed by atoms with Crippen molar-refractivity contribution < 1.29 is 18.0 Å². The van der Waals surface area contributed by atoms with Gasteiger partial charge in [0.05, 0.1) is 11.9 Å². The van der Waals surface area contributed by atoms with Crippen molar-refractivity contribution in [2.24, 2.45) is 0 Å². The maximum absolute atomic E-state index is 13.3. The Morgan fingerprint density at radius 3 is 2.09 bits per heavy atom. The Balaban J connectivity index is 2.19. The zero-order valence-electron chi connectivity index (χ0n) is 21.3. The van der Waals surface area contributed by atoms with Gasteiger partial charge in [-0.25, -0.2) is 8.42 Å². The van der Waals surface area contributed by atoms with Crippen LogP contribution < -0.4 is 9.62 Å². The van der Waals surface area contributed by atoms with Crippen LogP contribution in [0.5, 0.6) is 0 Å². The fraction of sp³-hybridized carbons (Fsp3) is 0.462. The van der Waals surface area contributed by atoms with Crippen LogP contribution in [0.15, 0.2) is 42.5 Å². The minimum atomic E-state index is -3.53. The molecule has 1 N–H and O–H groups in total. The molecule has 0 spiro atoms. The molecule has 1 atom stereocenters. The monoisotopic (exact) mass is 521 g/mol. The first kappa shape index (κ1) is 28.7. The van der Waals surface area contributed by atoms with E-state index in [2.05, 4.69) is 5.32 Å². The number of rotatable bonds is 11. The Kier molecular flexibility index (Phi) is 10.2. The Morgan fingerprint density at radius 2 is 1.57 bits per heavy atom. The standard InChI is InChI=1S/C26H36ClN3O4S/c1-18(2)28-26(32)21(5)29(17-22-9-11-23(27)12-10-22)25(31)8-7-13-30(35(6,33)34)24-15-19(3)14-20(4)16-24/h9-12,14-16,18,21H,7-8,13,17H2,1-6H3,(H,28,32)/t21-/m0/s1. The maximum atomic E-state index is 13.3. The summed E-state index contributed by atoms with van der Waals surface area (Å²) in [5.74, 6) is -0.462. The highest BCUT2D eigenvalue weighted by atomic mass is 35.5. The summed E-state index contributed by atoms with van der Waals surface area (Å²) in [6.45, 7) is 9.66. The number of carbonyl (C=O) groups is 2. The smallest absolute Gasteiger partial charge is 0.242 e. The molecule has 9 heteroatoms. The number of benzene rings is 2. The van der Waals surface area contributed by atoms with Crippen LogP contribution in [0.1, 0.15) is 50.3 Å². The van der Waals surface area contributed by atoms with Crippen LogP contribution in [0.4, 0.5) is 5.69 Å². The zero-order chi connectivity index (χ0) is 26.3. The summed E-state index contributed by atoms with van der Waals surface area (Å²) >= 11 is 5.99. The van der Waals surface area contributed by atoms with E-state index in [1.54, 1.807) is 19.1 Å². The first-order chi connectivity index (χ1) is 16.3. The van der Waals surface area contributed by atoms with E-state index < -0.39 is 16.1 Å². The number of aryl methyl sites for hydroxylation is 2. The lowest BCUT2D eigenvalue weighted by Crippen LogP contribution is -2.49. The molecular weight excluding hydrogens is 486 g/mol. The van der Waals surface area contributed by atoms with Gasteiger partial charge >= 0.3 is 0 Å². The molecule has 0 radical (unpaired) electrons. The molecule has 2 amide bonds. The molecular formula is C26H36ClN3O4S. The molecule has 0 saturated carbocycles. The summed E-state index contributed by atoms with van der Waals surface area (Å²) < 4.78 is 26.3. The van der Waals surface area contributed by atoms with Crippen molar-refractivity contribution in [1.82, 2.24) is 10.2 Å². The second-order valence-corrected chi connectivity index (χ2v) is 11.6. The van der Waals surface area contributed by atoms with Crippen molar-refractivity contribution in [3.63, 3.8) is 0 Å². The molecule has 0 bridgehead atoms. The molecule has 192 valence electrons. The Morgan fingerprint density at radius 1 is 1.00 bits per heavy atom. The first-order valence-electron chi connectivity index (χ1n) is 11.7. The molecule has 2 aromatic rings. The molecule has 0 aliphatic rings. The maximum Gasteiger partial charge on any atom is 0.242 e.